The molecule has 8 rings (SSSR count). The van der Waals surface area contributed by atoms with Gasteiger partial charge in [-0.05, 0) is 71.6 Å². The van der Waals surface area contributed by atoms with Crippen LogP contribution < -0.4 is 9.64 Å². The van der Waals surface area contributed by atoms with E-state index in [1.54, 1.807) is 36.4 Å². The summed E-state index contributed by atoms with van der Waals surface area (Å²) in [6.45, 7) is 1.48. The first-order valence-electron chi connectivity index (χ1n) is 14.1. The molecule has 2 bridgehead atoms. The van der Waals surface area contributed by atoms with E-state index in [0.29, 0.717) is 33.6 Å². The van der Waals surface area contributed by atoms with Gasteiger partial charge in [0.15, 0.2) is 6.10 Å². The van der Waals surface area contributed by atoms with Crippen molar-refractivity contribution in [3.8, 4) is 5.75 Å². The van der Waals surface area contributed by atoms with Crippen LogP contribution in [-0.2, 0) is 24.1 Å². The summed E-state index contributed by atoms with van der Waals surface area (Å²) in [4.78, 5) is 53.0. The highest BCUT2D eigenvalue weighted by Crippen LogP contribution is 2.69. The van der Waals surface area contributed by atoms with Crippen LogP contribution in [0.2, 0.25) is 0 Å². The third-order valence-electron chi connectivity index (χ3n) is 8.95. The lowest BCUT2D eigenvalue weighted by Crippen LogP contribution is -2.57. The third kappa shape index (κ3) is 3.75. The Hall–Kier alpha value is -4.46. The van der Waals surface area contributed by atoms with Gasteiger partial charge in [-0.1, -0.05) is 54.6 Å². The second-order valence-electron chi connectivity index (χ2n) is 11.2. The molecule has 4 aromatic carbocycles. The normalized spacial score (nSPS) is 25.1. The molecule has 0 saturated carbocycles. The number of nitrogens with zero attached hydrogens (tertiary/aromatic N) is 1. The highest BCUT2D eigenvalue weighted by Gasteiger charge is 2.73. The molecular formula is C35H25Cl2NO6. The Kier molecular flexibility index (Phi) is 6.46. The molecule has 1 aliphatic heterocycles. The fourth-order valence-corrected chi connectivity index (χ4v) is 8.06. The highest BCUT2D eigenvalue weighted by molar-refractivity contribution is 6.38. The SMILES string of the molecule is COc1ccc(C(=O)[C@H](C)OC(=O)c2cccc(N3C(=O)[C@@H]4[C@@H](C3=O)C3(Cl)c5ccccc5C4(Cl)c4ccccc43)c2)cc1. The van der Waals surface area contributed by atoms with Gasteiger partial charge in [0.1, 0.15) is 15.5 Å². The van der Waals surface area contributed by atoms with Gasteiger partial charge < -0.3 is 9.47 Å². The second kappa shape index (κ2) is 10.0. The number of ether oxygens (including phenoxy) is 2. The van der Waals surface area contributed by atoms with Crippen LogP contribution in [0.15, 0.2) is 97.1 Å². The molecule has 220 valence electrons. The van der Waals surface area contributed by atoms with Crippen LogP contribution >= 0.6 is 23.2 Å². The predicted octanol–water partition coefficient (Wildman–Crippen LogP) is 6.22. The molecular weight excluding hydrogens is 601 g/mol. The van der Waals surface area contributed by atoms with Crippen LogP contribution in [0.1, 0.15) is 49.9 Å². The van der Waals surface area contributed by atoms with Crippen LogP contribution in [0, 0.1) is 11.8 Å². The maximum Gasteiger partial charge on any atom is 0.338 e. The van der Waals surface area contributed by atoms with Crippen molar-refractivity contribution in [3.05, 3.63) is 130 Å². The molecule has 0 radical (unpaired) electrons. The first-order chi connectivity index (χ1) is 21.1. The summed E-state index contributed by atoms with van der Waals surface area (Å²) in [6, 6.07) is 27.3. The number of ketones is 1. The summed E-state index contributed by atoms with van der Waals surface area (Å²) < 4.78 is 10.6. The third-order valence-corrected chi connectivity index (χ3v) is 10.2. The van der Waals surface area contributed by atoms with E-state index in [0.717, 1.165) is 4.90 Å². The molecule has 1 heterocycles. The van der Waals surface area contributed by atoms with Crippen molar-refractivity contribution in [1.82, 2.24) is 0 Å². The van der Waals surface area contributed by atoms with E-state index in [-0.39, 0.29) is 17.0 Å². The number of hydrogen-bond acceptors (Lipinski definition) is 6. The average Bonchev–Trinajstić information content (AvgIpc) is 3.33. The van der Waals surface area contributed by atoms with Crippen LogP contribution in [0.25, 0.3) is 0 Å². The summed E-state index contributed by atoms with van der Waals surface area (Å²) in [5, 5.41) is 0. The van der Waals surface area contributed by atoms with Crippen molar-refractivity contribution < 1.29 is 28.7 Å². The summed E-state index contributed by atoms with van der Waals surface area (Å²) in [5.41, 5.74) is 3.42. The molecule has 7 nitrogen and oxygen atoms in total. The molecule has 3 aliphatic carbocycles. The van der Waals surface area contributed by atoms with Gasteiger partial charge in [-0.3, -0.25) is 14.4 Å². The van der Waals surface area contributed by atoms with Crippen molar-refractivity contribution in [3.63, 3.8) is 0 Å². The summed E-state index contributed by atoms with van der Waals surface area (Å²) in [6.07, 6.45) is -1.09. The number of rotatable bonds is 6. The lowest BCUT2D eigenvalue weighted by molar-refractivity contribution is -0.122. The molecule has 0 N–H and O–H groups in total. The molecule has 4 aliphatic rings. The molecule has 4 aromatic rings. The number of carbonyl (C=O) groups is 4. The number of methoxy groups -OCH3 is 1. The maximum atomic E-state index is 14.3. The van der Waals surface area contributed by atoms with Gasteiger partial charge in [0.2, 0.25) is 17.6 Å². The minimum atomic E-state index is -1.32. The molecule has 0 aromatic heterocycles. The fraction of sp³-hybridized carbons (Fsp3) is 0.200. The average molecular weight is 626 g/mol. The Morgan fingerprint density at radius 2 is 1.23 bits per heavy atom. The molecule has 9 heteroatoms. The Bertz CT molecular complexity index is 1760. The number of carbonyl (C=O) groups excluding carboxylic acids is 4. The smallest absolute Gasteiger partial charge is 0.338 e. The molecule has 1 saturated heterocycles. The number of anilines is 1. The van der Waals surface area contributed by atoms with Gasteiger partial charge in [0.05, 0.1) is 30.2 Å². The number of imide groups is 1. The number of halogens is 2. The Balaban J connectivity index is 1.21. The quantitative estimate of drug-likeness (QED) is 0.109. The van der Waals surface area contributed by atoms with Gasteiger partial charge in [-0.25, -0.2) is 9.69 Å². The monoisotopic (exact) mass is 625 g/mol. The van der Waals surface area contributed by atoms with E-state index < -0.39 is 45.5 Å². The van der Waals surface area contributed by atoms with E-state index in [4.69, 9.17) is 32.7 Å². The lowest BCUT2D eigenvalue weighted by Gasteiger charge is -2.54. The topological polar surface area (TPSA) is 90.0 Å². The number of amides is 2. The molecule has 0 unspecified atom stereocenters. The van der Waals surface area contributed by atoms with Crippen molar-refractivity contribution in [2.75, 3.05) is 12.0 Å². The minimum Gasteiger partial charge on any atom is -0.497 e. The summed E-state index contributed by atoms with van der Waals surface area (Å²) in [5.74, 6) is -3.53. The molecule has 44 heavy (non-hydrogen) atoms. The lowest BCUT2D eigenvalue weighted by atomic mass is 9.54. The van der Waals surface area contributed by atoms with Crippen LogP contribution in [0.4, 0.5) is 5.69 Å². The molecule has 2 amide bonds. The van der Waals surface area contributed by atoms with E-state index >= 15 is 0 Å². The number of Topliss-reactive ketones (excluding diaryl/α,β-unsaturated/α-hetero) is 1. The number of benzene rings is 4. The van der Waals surface area contributed by atoms with Gasteiger partial charge in [-0.15, -0.1) is 23.2 Å². The van der Waals surface area contributed by atoms with Gasteiger partial charge in [-0.2, -0.15) is 0 Å². The van der Waals surface area contributed by atoms with E-state index in [9.17, 15) is 19.2 Å². The first kappa shape index (κ1) is 28.3. The van der Waals surface area contributed by atoms with Crippen LogP contribution in [0.5, 0.6) is 5.75 Å². The van der Waals surface area contributed by atoms with E-state index in [2.05, 4.69) is 0 Å². The molecule has 3 atom stereocenters. The summed E-state index contributed by atoms with van der Waals surface area (Å²) in [7, 11) is 1.52. The fourth-order valence-electron chi connectivity index (χ4n) is 6.97. The van der Waals surface area contributed by atoms with Crippen molar-refractivity contribution >= 4 is 52.5 Å². The Morgan fingerprint density at radius 1 is 0.727 bits per heavy atom. The van der Waals surface area contributed by atoms with E-state index in [1.165, 1.54) is 26.2 Å². The molecule has 0 spiro atoms. The minimum absolute atomic E-state index is 0.0723. The Labute approximate surface area is 263 Å². The van der Waals surface area contributed by atoms with Crippen molar-refractivity contribution in [1.29, 1.82) is 0 Å². The summed E-state index contributed by atoms with van der Waals surface area (Å²) >= 11 is 15.0. The second-order valence-corrected chi connectivity index (χ2v) is 12.4. The number of alkyl halides is 2. The Morgan fingerprint density at radius 3 is 1.70 bits per heavy atom. The first-order valence-corrected chi connectivity index (χ1v) is 14.8. The van der Waals surface area contributed by atoms with Gasteiger partial charge in [0.25, 0.3) is 0 Å². The van der Waals surface area contributed by atoms with Crippen LogP contribution in [0.3, 0.4) is 0 Å². The zero-order chi connectivity index (χ0) is 31.0. The number of esters is 1. The van der Waals surface area contributed by atoms with Gasteiger partial charge in [0, 0.05) is 5.56 Å². The predicted molar refractivity (Wildman–Crippen MR) is 164 cm³/mol. The highest BCUT2D eigenvalue weighted by atomic mass is 35.5. The standard InChI is InChI=1S/C35H25Cl2NO6/c1-19(30(39)20-14-16-23(43-2)17-15-20)44-33(42)21-8-7-9-22(18-21)38-31(40)28-29(32(38)41)35(37)25-11-4-3-10-24(25)34(28,36)26-12-5-6-13-27(26)35/h3-19,28-29H,1-2H3/t19-,28-,29-,34?,35?/m0/s1. The number of hydrogen-bond donors (Lipinski definition) is 0. The van der Waals surface area contributed by atoms with Gasteiger partial charge >= 0.3 is 5.97 Å². The molecule has 1 fully saturated rings. The zero-order valence-electron chi connectivity index (χ0n) is 23.6. The van der Waals surface area contributed by atoms with E-state index in [1.807, 2.05) is 48.5 Å². The van der Waals surface area contributed by atoms with Crippen molar-refractivity contribution in [2.45, 2.75) is 22.8 Å². The maximum absolute atomic E-state index is 14.3. The largest absolute Gasteiger partial charge is 0.497 e. The van der Waals surface area contributed by atoms with Crippen LogP contribution in [-0.4, -0.2) is 36.8 Å². The van der Waals surface area contributed by atoms with Crippen molar-refractivity contribution in [2.24, 2.45) is 11.8 Å². The zero-order valence-corrected chi connectivity index (χ0v) is 25.1.